The summed E-state index contributed by atoms with van der Waals surface area (Å²) >= 11 is 0. The van der Waals surface area contributed by atoms with Gasteiger partial charge in [-0.1, -0.05) is 0 Å². The van der Waals surface area contributed by atoms with Crippen LogP contribution in [-0.2, 0) is 21.8 Å². The number of ether oxygens (including phenoxy) is 1. The minimum Gasteiger partial charge on any atom is -0.369 e. The van der Waals surface area contributed by atoms with Crippen molar-refractivity contribution in [2.24, 2.45) is 7.05 Å². The van der Waals surface area contributed by atoms with Crippen LogP contribution in [0.15, 0.2) is 29.9 Å². The first-order valence-corrected chi connectivity index (χ1v) is 9.01. The molecular formula is C14H21N5O3S. The molecular weight excluding hydrogens is 318 g/mol. The maximum Gasteiger partial charge on any atom is 0.259 e. The summed E-state index contributed by atoms with van der Waals surface area (Å²) in [5.74, 6) is 0.711. The number of nitrogens with one attached hydrogen (secondary N) is 1. The Morgan fingerprint density at radius 1 is 1.39 bits per heavy atom. The van der Waals surface area contributed by atoms with Gasteiger partial charge >= 0.3 is 0 Å². The fraction of sp³-hybridized carbons (Fsp3) is 0.571. The smallest absolute Gasteiger partial charge is 0.259 e. The molecule has 0 bridgehead atoms. The highest BCUT2D eigenvalue weighted by atomic mass is 32.2. The first kappa shape index (κ1) is 16.2. The van der Waals surface area contributed by atoms with Crippen molar-refractivity contribution >= 4 is 10.0 Å². The molecule has 9 heteroatoms. The van der Waals surface area contributed by atoms with Gasteiger partial charge in [0.25, 0.3) is 10.0 Å². The summed E-state index contributed by atoms with van der Waals surface area (Å²) in [7, 11) is -1.83. The summed E-state index contributed by atoms with van der Waals surface area (Å²) in [5, 5.41) is 0.0247. The third-order valence-corrected chi connectivity index (χ3v) is 5.34. The van der Waals surface area contributed by atoms with Crippen LogP contribution >= 0.6 is 0 Å². The monoisotopic (exact) mass is 339 g/mol. The third-order valence-electron chi connectivity index (χ3n) is 3.96. The zero-order valence-electron chi connectivity index (χ0n) is 13.4. The van der Waals surface area contributed by atoms with Crippen LogP contribution in [0.5, 0.6) is 0 Å². The van der Waals surface area contributed by atoms with E-state index >= 15 is 0 Å². The number of sulfonamides is 1. The molecule has 3 heterocycles. The van der Waals surface area contributed by atoms with E-state index in [0.29, 0.717) is 18.9 Å². The molecule has 2 aromatic heterocycles. The van der Waals surface area contributed by atoms with Crippen LogP contribution in [0, 0.1) is 0 Å². The Hall–Kier alpha value is -1.71. The molecule has 0 aliphatic carbocycles. The summed E-state index contributed by atoms with van der Waals surface area (Å²) in [6, 6.07) is -0.202. The molecule has 3 rings (SSSR count). The Morgan fingerprint density at radius 3 is 2.78 bits per heavy atom. The topological polar surface area (TPSA) is 91.0 Å². The Kier molecular flexibility index (Phi) is 4.26. The van der Waals surface area contributed by atoms with Crippen molar-refractivity contribution in [3.8, 4) is 0 Å². The molecule has 1 aliphatic rings. The lowest BCUT2D eigenvalue weighted by Crippen LogP contribution is -2.37. The summed E-state index contributed by atoms with van der Waals surface area (Å²) in [6.45, 7) is 4.42. The molecule has 0 saturated carbocycles. The van der Waals surface area contributed by atoms with Crippen LogP contribution in [0.2, 0.25) is 0 Å². The van der Waals surface area contributed by atoms with Crippen LogP contribution in [0.4, 0.5) is 0 Å². The van der Waals surface area contributed by atoms with Crippen LogP contribution in [-0.4, -0.2) is 40.2 Å². The van der Waals surface area contributed by atoms with E-state index in [1.807, 2.05) is 31.7 Å². The molecule has 8 nitrogen and oxygen atoms in total. The normalized spacial score (nSPS) is 22.1. The molecule has 0 unspecified atom stereocenters. The fourth-order valence-electron chi connectivity index (χ4n) is 2.61. The maximum atomic E-state index is 12.6. The summed E-state index contributed by atoms with van der Waals surface area (Å²) in [4.78, 5) is 8.27. The van der Waals surface area contributed by atoms with E-state index in [9.17, 15) is 8.42 Å². The second-order valence-electron chi connectivity index (χ2n) is 5.96. The van der Waals surface area contributed by atoms with Crippen molar-refractivity contribution in [1.82, 2.24) is 23.8 Å². The SMILES string of the molecule is CC(C)n1cnc(S(=O)(=O)N[C@H]2CCO[C@@H]2c2nccn2C)c1. The molecule has 23 heavy (non-hydrogen) atoms. The van der Waals surface area contributed by atoms with E-state index in [1.165, 1.54) is 6.33 Å². The number of hydrogen-bond acceptors (Lipinski definition) is 5. The highest BCUT2D eigenvalue weighted by molar-refractivity contribution is 7.89. The predicted molar refractivity (Wildman–Crippen MR) is 83.2 cm³/mol. The minimum atomic E-state index is -3.69. The van der Waals surface area contributed by atoms with Crippen LogP contribution < -0.4 is 4.72 Å². The van der Waals surface area contributed by atoms with Crippen molar-refractivity contribution in [2.75, 3.05) is 6.61 Å². The second-order valence-corrected chi connectivity index (χ2v) is 7.62. The fourth-order valence-corrected chi connectivity index (χ4v) is 3.82. The molecule has 0 spiro atoms. The van der Waals surface area contributed by atoms with Gasteiger partial charge in [0, 0.05) is 38.3 Å². The quantitative estimate of drug-likeness (QED) is 0.878. The van der Waals surface area contributed by atoms with E-state index in [-0.39, 0.29) is 17.1 Å². The Balaban J connectivity index is 1.80. The van der Waals surface area contributed by atoms with Crippen molar-refractivity contribution in [3.05, 3.63) is 30.7 Å². The third kappa shape index (κ3) is 3.17. The molecule has 1 aliphatic heterocycles. The maximum absolute atomic E-state index is 12.6. The number of imidazole rings is 2. The number of nitrogens with zero attached hydrogens (tertiary/aromatic N) is 4. The first-order chi connectivity index (χ1) is 10.9. The first-order valence-electron chi connectivity index (χ1n) is 7.53. The van der Waals surface area contributed by atoms with E-state index in [0.717, 1.165) is 0 Å². The van der Waals surface area contributed by atoms with E-state index in [2.05, 4.69) is 14.7 Å². The minimum absolute atomic E-state index is 0.0247. The molecule has 2 atom stereocenters. The summed E-state index contributed by atoms with van der Waals surface area (Å²) in [6.07, 6.45) is 6.76. The standard InChI is InChI=1S/C14H21N5O3S/c1-10(2)19-8-12(16-9-19)23(20,21)17-11-4-7-22-13(11)14-15-5-6-18(14)3/h5-6,8-11,13,17H,4,7H2,1-3H3/t11-,13-/m0/s1. The molecule has 1 fully saturated rings. The number of aromatic nitrogens is 4. The Bertz CT molecular complexity index is 780. The van der Waals surface area contributed by atoms with Gasteiger partial charge in [-0.2, -0.15) is 0 Å². The highest BCUT2D eigenvalue weighted by Gasteiger charge is 2.36. The average Bonchev–Trinajstić information content (AvgIpc) is 3.18. The van der Waals surface area contributed by atoms with Gasteiger partial charge in [0.05, 0.1) is 12.4 Å². The molecule has 2 aromatic rings. The molecule has 1 saturated heterocycles. The average molecular weight is 339 g/mol. The van der Waals surface area contributed by atoms with Crippen molar-refractivity contribution in [1.29, 1.82) is 0 Å². The molecule has 0 amide bonds. The largest absolute Gasteiger partial charge is 0.369 e. The van der Waals surface area contributed by atoms with Crippen molar-refractivity contribution in [3.63, 3.8) is 0 Å². The lowest BCUT2D eigenvalue weighted by Gasteiger charge is -2.19. The molecule has 1 N–H and O–H groups in total. The van der Waals surface area contributed by atoms with E-state index in [1.54, 1.807) is 17.0 Å². The summed E-state index contributed by atoms with van der Waals surface area (Å²) in [5.41, 5.74) is 0. The Labute approximate surface area is 135 Å². The van der Waals surface area contributed by atoms with E-state index in [4.69, 9.17) is 4.74 Å². The van der Waals surface area contributed by atoms with Gasteiger partial charge < -0.3 is 13.9 Å². The number of hydrogen-bond donors (Lipinski definition) is 1. The lowest BCUT2D eigenvalue weighted by atomic mass is 10.1. The number of aryl methyl sites for hydroxylation is 1. The van der Waals surface area contributed by atoms with E-state index < -0.39 is 16.1 Å². The molecule has 0 radical (unpaired) electrons. The second kappa shape index (κ2) is 6.06. The zero-order valence-corrected chi connectivity index (χ0v) is 14.2. The van der Waals surface area contributed by atoms with Gasteiger partial charge in [0.15, 0.2) is 5.03 Å². The van der Waals surface area contributed by atoms with Gasteiger partial charge in [0.2, 0.25) is 0 Å². The highest BCUT2D eigenvalue weighted by Crippen LogP contribution is 2.28. The van der Waals surface area contributed by atoms with Gasteiger partial charge in [-0.3, -0.25) is 0 Å². The van der Waals surface area contributed by atoms with Gasteiger partial charge in [-0.05, 0) is 20.3 Å². The number of rotatable bonds is 5. The van der Waals surface area contributed by atoms with Gasteiger partial charge in [-0.15, -0.1) is 0 Å². The molecule has 126 valence electrons. The van der Waals surface area contributed by atoms with Gasteiger partial charge in [-0.25, -0.2) is 23.1 Å². The van der Waals surface area contributed by atoms with Crippen LogP contribution in [0.3, 0.4) is 0 Å². The zero-order chi connectivity index (χ0) is 16.6. The molecule has 0 aromatic carbocycles. The summed E-state index contributed by atoms with van der Waals surface area (Å²) < 4.78 is 37.1. The van der Waals surface area contributed by atoms with Crippen molar-refractivity contribution in [2.45, 2.75) is 43.5 Å². The lowest BCUT2D eigenvalue weighted by molar-refractivity contribution is 0.0932. The predicted octanol–water partition coefficient (Wildman–Crippen LogP) is 1.01. The van der Waals surface area contributed by atoms with Crippen LogP contribution in [0.25, 0.3) is 0 Å². The van der Waals surface area contributed by atoms with Crippen molar-refractivity contribution < 1.29 is 13.2 Å². The van der Waals surface area contributed by atoms with Crippen LogP contribution in [0.1, 0.15) is 38.2 Å². The Morgan fingerprint density at radius 2 is 2.17 bits per heavy atom. The van der Waals surface area contributed by atoms with Gasteiger partial charge in [0.1, 0.15) is 11.9 Å².